The average molecular weight is 260 g/mol. The molecule has 0 unspecified atom stereocenters. The Morgan fingerprint density at radius 2 is 2.00 bits per heavy atom. The minimum Gasteiger partial charge on any atom is -0.382 e. The van der Waals surface area contributed by atoms with E-state index < -0.39 is 0 Å². The fourth-order valence-corrected chi connectivity index (χ4v) is 1.96. The minimum absolute atomic E-state index is 0.594. The summed E-state index contributed by atoms with van der Waals surface area (Å²) in [5.74, 6) is 0. The Bertz CT molecular complexity index is 294. The van der Waals surface area contributed by atoms with Gasteiger partial charge in [-0.3, -0.25) is 0 Å². The number of hydrogen-bond acceptors (Lipinski definition) is 6. The van der Waals surface area contributed by atoms with E-state index in [0.717, 1.165) is 16.6 Å². The van der Waals surface area contributed by atoms with Crippen LogP contribution in [0.3, 0.4) is 0 Å². The quantitative estimate of drug-likeness (QED) is 0.650. The Balaban J connectivity index is 2.01. The van der Waals surface area contributed by atoms with Crippen molar-refractivity contribution in [1.29, 1.82) is 0 Å². The van der Waals surface area contributed by atoms with Gasteiger partial charge in [0.05, 0.1) is 37.9 Å². The van der Waals surface area contributed by atoms with Crippen molar-refractivity contribution < 1.29 is 14.2 Å². The van der Waals surface area contributed by atoms with Crippen LogP contribution in [0.5, 0.6) is 0 Å². The number of nitrogens with zero attached hydrogens (tertiary/aromatic N) is 1. The molecular formula is C11H20N2O3S. The molecule has 0 radical (unpaired) electrons. The number of thiazole rings is 1. The van der Waals surface area contributed by atoms with E-state index in [1.165, 1.54) is 0 Å². The molecule has 0 saturated carbocycles. The van der Waals surface area contributed by atoms with E-state index in [-0.39, 0.29) is 0 Å². The summed E-state index contributed by atoms with van der Waals surface area (Å²) < 4.78 is 15.6. The van der Waals surface area contributed by atoms with Gasteiger partial charge in [0.25, 0.3) is 0 Å². The Hall–Kier alpha value is -0.690. The van der Waals surface area contributed by atoms with E-state index in [9.17, 15) is 0 Å². The Kier molecular flexibility index (Phi) is 7.91. The van der Waals surface area contributed by atoms with Gasteiger partial charge in [-0.1, -0.05) is 11.3 Å². The van der Waals surface area contributed by atoms with Crippen molar-refractivity contribution in [2.45, 2.75) is 13.5 Å². The minimum atomic E-state index is 0.594. The second kappa shape index (κ2) is 9.35. The fourth-order valence-electron chi connectivity index (χ4n) is 1.14. The molecule has 0 aliphatic carbocycles. The molecule has 0 spiro atoms. The monoisotopic (exact) mass is 260 g/mol. The lowest BCUT2D eigenvalue weighted by Crippen LogP contribution is -2.07. The number of hydrogen-bond donors (Lipinski definition) is 1. The van der Waals surface area contributed by atoms with Crippen LogP contribution in [0.25, 0.3) is 0 Å². The molecule has 1 heterocycles. The van der Waals surface area contributed by atoms with Crippen LogP contribution in [-0.4, -0.2) is 45.1 Å². The number of anilines is 1. The third-order valence-electron chi connectivity index (χ3n) is 1.93. The van der Waals surface area contributed by atoms with E-state index in [4.69, 9.17) is 14.2 Å². The van der Waals surface area contributed by atoms with Crippen molar-refractivity contribution in [1.82, 2.24) is 4.98 Å². The molecule has 98 valence electrons. The highest BCUT2D eigenvalue weighted by Crippen LogP contribution is 2.18. The maximum Gasteiger partial charge on any atom is 0.182 e. The predicted molar refractivity (Wildman–Crippen MR) is 68.6 cm³/mol. The predicted octanol–water partition coefficient (Wildman–Crippen LogP) is 1.75. The van der Waals surface area contributed by atoms with Gasteiger partial charge in [0, 0.05) is 19.9 Å². The summed E-state index contributed by atoms with van der Waals surface area (Å²) in [6, 6.07) is 0. The van der Waals surface area contributed by atoms with E-state index in [1.54, 1.807) is 18.4 Å². The van der Waals surface area contributed by atoms with Gasteiger partial charge in [-0.15, -0.1) is 0 Å². The Morgan fingerprint density at radius 3 is 2.76 bits per heavy atom. The highest BCUT2D eigenvalue weighted by Gasteiger charge is 2.00. The highest BCUT2D eigenvalue weighted by atomic mass is 32.1. The molecule has 17 heavy (non-hydrogen) atoms. The number of aromatic nitrogens is 1. The molecular weight excluding hydrogens is 240 g/mol. The first-order valence-electron chi connectivity index (χ1n) is 5.69. The lowest BCUT2D eigenvalue weighted by atomic mass is 10.6. The van der Waals surface area contributed by atoms with Gasteiger partial charge < -0.3 is 19.5 Å². The molecule has 1 rings (SSSR count). The van der Waals surface area contributed by atoms with Gasteiger partial charge >= 0.3 is 0 Å². The van der Waals surface area contributed by atoms with E-state index in [1.807, 2.05) is 6.20 Å². The smallest absolute Gasteiger partial charge is 0.182 e. The van der Waals surface area contributed by atoms with Crippen molar-refractivity contribution in [3.05, 3.63) is 11.1 Å². The highest BCUT2D eigenvalue weighted by molar-refractivity contribution is 7.15. The summed E-state index contributed by atoms with van der Waals surface area (Å²) in [7, 11) is 1.66. The van der Waals surface area contributed by atoms with Crippen LogP contribution in [0.2, 0.25) is 0 Å². The second-order valence-electron chi connectivity index (χ2n) is 3.32. The van der Waals surface area contributed by atoms with Gasteiger partial charge in [-0.25, -0.2) is 4.98 Å². The molecule has 0 aliphatic rings. The van der Waals surface area contributed by atoms with E-state index >= 15 is 0 Å². The van der Waals surface area contributed by atoms with Gasteiger partial charge in [0.1, 0.15) is 0 Å². The van der Waals surface area contributed by atoms with Gasteiger partial charge in [0.2, 0.25) is 0 Å². The van der Waals surface area contributed by atoms with Crippen molar-refractivity contribution in [3.8, 4) is 0 Å². The van der Waals surface area contributed by atoms with Crippen LogP contribution < -0.4 is 5.32 Å². The summed E-state index contributed by atoms with van der Waals surface area (Å²) in [4.78, 5) is 5.35. The molecule has 0 aliphatic heterocycles. The van der Waals surface area contributed by atoms with Crippen LogP contribution in [0.1, 0.15) is 11.8 Å². The van der Waals surface area contributed by atoms with Crippen LogP contribution in [-0.2, 0) is 20.8 Å². The van der Waals surface area contributed by atoms with Gasteiger partial charge in [0.15, 0.2) is 5.13 Å². The molecule has 6 heteroatoms. The second-order valence-corrected chi connectivity index (χ2v) is 4.44. The standard InChI is InChI=1S/C11H20N2O3S/c1-3-12-11-13-8-10(17-11)9-16-7-6-15-5-4-14-2/h8H,3-7,9H2,1-2H3,(H,12,13). The van der Waals surface area contributed by atoms with Crippen molar-refractivity contribution >= 4 is 16.5 Å². The third-order valence-corrected chi connectivity index (χ3v) is 2.86. The lowest BCUT2D eigenvalue weighted by molar-refractivity contribution is 0.0205. The number of nitrogens with one attached hydrogen (secondary N) is 1. The topological polar surface area (TPSA) is 52.6 Å². The first-order valence-corrected chi connectivity index (χ1v) is 6.51. The first kappa shape index (κ1) is 14.4. The summed E-state index contributed by atoms with van der Waals surface area (Å²) in [5.41, 5.74) is 0. The maximum atomic E-state index is 5.47. The molecule has 0 bridgehead atoms. The zero-order valence-electron chi connectivity index (χ0n) is 10.4. The molecule has 0 aromatic carbocycles. The first-order chi connectivity index (χ1) is 8.36. The summed E-state index contributed by atoms with van der Waals surface area (Å²) in [5, 5.41) is 4.11. The van der Waals surface area contributed by atoms with E-state index in [2.05, 4.69) is 17.2 Å². The SMILES string of the molecule is CCNc1ncc(COCCOCCOC)s1. The third kappa shape index (κ3) is 6.58. The number of ether oxygens (including phenoxy) is 3. The lowest BCUT2D eigenvalue weighted by Gasteiger charge is -2.03. The zero-order chi connectivity index (χ0) is 12.3. The number of methoxy groups -OCH3 is 1. The Labute approximate surface area is 106 Å². The molecule has 1 aromatic rings. The van der Waals surface area contributed by atoms with Crippen LogP contribution in [0.15, 0.2) is 6.20 Å². The largest absolute Gasteiger partial charge is 0.382 e. The molecule has 0 saturated heterocycles. The summed E-state index contributed by atoms with van der Waals surface area (Å²) in [6.07, 6.45) is 1.84. The van der Waals surface area contributed by atoms with Crippen LogP contribution in [0.4, 0.5) is 5.13 Å². The Morgan fingerprint density at radius 1 is 1.24 bits per heavy atom. The molecule has 0 atom stereocenters. The number of rotatable bonds is 10. The zero-order valence-corrected chi connectivity index (χ0v) is 11.2. The van der Waals surface area contributed by atoms with Crippen molar-refractivity contribution in [3.63, 3.8) is 0 Å². The van der Waals surface area contributed by atoms with Gasteiger partial charge in [-0.05, 0) is 6.92 Å². The van der Waals surface area contributed by atoms with Gasteiger partial charge in [-0.2, -0.15) is 0 Å². The molecule has 0 amide bonds. The average Bonchev–Trinajstić information content (AvgIpc) is 2.76. The van der Waals surface area contributed by atoms with Crippen molar-refractivity contribution in [2.75, 3.05) is 45.4 Å². The summed E-state index contributed by atoms with van der Waals surface area (Å²) in [6.45, 7) is 5.97. The molecule has 0 fully saturated rings. The van der Waals surface area contributed by atoms with Crippen molar-refractivity contribution in [2.24, 2.45) is 0 Å². The fraction of sp³-hybridized carbons (Fsp3) is 0.727. The van der Waals surface area contributed by atoms with Crippen LogP contribution in [0, 0.1) is 0 Å². The van der Waals surface area contributed by atoms with Crippen LogP contribution >= 0.6 is 11.3 Å². The van der Waals surface area contributed by atoms with E-state index in [0.29, 0.717) is 33.0 Å². The summed E-state index contributed by atoms with van der Waals surface area (Å²) >= 11 is 1.62. The maximum absolute atomic E-state index is 5.47. The molecule has 1 aromatic heterocycles. The molecule has 1 N–H and O–H groups in total. The molecule has 5 nitrogen and oxygen atoms in total. The normalized spacial score (nSPS) is 10.7.